The number of nitrogens with one attached hydrogen (secondary N) is 1. The van der Waals surface area contributed by atoms with Gasteiger partial charge in [0.15, 0.2) is 0 Å². The molecule has 100 valence electrons. The zero-order chi connectivity index (χ0) is 13.7. The minimum absolute atomic E-state index is 0.0245. The molecule has 0 radical (unpaired) electrons. The molecule has 0 saturated heterocycles. The molecule has 0 aliphatic carbocycles. The highest BCUT2D eigenvalue weighted by molar-refractivity contribution is 5.94. The van der Waals surface area contributed by atoms with Crippen LogP contribution in [0.3, 0.4) is 0 Å². The smallest absolute Gasteiger partial charge is 0.229 e. The van der Waals surface area contributed by atoms with Gasteiger partial charge in [0.2, 0.25) is 5.91 Å². The Balaban J connectivity index is 2.94. The maximum Gasteiger partial charge on any atom is 0.229 e. The molecule has 1 aromatic rings. The van der Waals surface area contributed by atoms with Crippen molar-refractivity contribution in [3.05, 3.63) is 29.3 Å². The molecule has 0 aromatic heterocycles. The van der Waals surface area contributed by atoms with Crippen molar-refractivity contribution >= 4 is 11.6 Å². The summed E-state index contributed by atoms with van der Waals surface area (Å²) in [5.41, 5.74) is 8.89. The van der Waals surface area contributed by atoms with Crippen LogP contribution >= 0.6 is 0 Å². The van der Waals surface area contributed by atoms with E-state index in [0.29, 0.717) is 6.54 Å². The van der Waals surface area contributed by atoms with E-state index < -0.39 is 0 Å². The lowest BCUT2D eigenvalue weighted by Gasteiger charge is -2.20. The third-order valence-corrected chi connectivity index (χ3v) is 3.38. The first-order chi connectivity index (χ1) is 8.51. The van der Waals surface area contributed by atoms with Crippen molar-refractivity contribution in [3.8, 4) is 0 Å². The Labute approximate surface area is 110 Å². The number of amides is 1. The van der Waals surface area contributed by atoms with Gasteiger partial charge in [0, 0.05) is 12.2 Å². The predicted molar refractivity (Wildman–Crippen MR) is 76.6 cm³/mol. The van der Waals surface area contributed by atoms with Crippen LogP contribution in [0.5, 0.6) is 0 Å². The fourth-order valence-electron chi connectivity index (χ4n) is 2.10. The molecule has 1 atom stereocenters. The Bertz CT molecular complexity index is 413. The van der Waals surface area contributed by atoms with Gasteiger partial charge in [0.05, 0.1) is 5.92 Å². The number of carbonyl (C=O) groups excluding carboxylic acids is 1. The van der Waals surface area contributed by atoms with Gasteiger partial charge in [-0.2, -0.15) is 0 Å². The Kier molecular flexibility index (Phi) is 5.35. The van der Waals surface area contributed by atoms with Gasteiger partial charge >= 0.3 is 0 Å². The summed E-state index contributed by atoms with van der Waals surface area (Å²) in [6.07, 6.45) is 0.909. The van der Waals surface area contributed by atoms with Crippen LogP contribution in [0.25, 0.3) is 0 Å². The quantitative estimate of drug-likeness (QED) is 0.841. The van der Waals surface area contributed by atoms with Crippen molar-refractivity contribution in [2.24, 2.45) is 17.6 Å². The number of hydrogen-bond donors (Lipinski definition) is 2. The van der Waals surface area contributed by atoms with Crippen molar-refractivity contribution < 1.29 is 4.79 Å². The average molecular weight is 248 g/mol. The first-order valence-corrected chi connectivity index (χ1v) is 6.60. The van der Waals surface area contributed by atoms with E-state index in [0.717, 1.165) is 17.7 Å². The molecule has 1 aromatic carbocycles. The highest BCUT2D eigenvalue weighted by Crippen LogP contribution is 2.22. The molecule has 18 heavy (non-hydrogen) atoms. The summed E-state index contributed by atoms with van der Waals surface area (Å²) in [4.78, 5) is 12.2. The lowest BCUT2D eigenvalue weighted by molar-refractivity contribution is -0.120. The number of benzene rings is 1. The molecule has 3 heteroatoms. The molecule has 1 amide bonds. The molecule has 0 aliphatic rings. The summed E-state index contributed by atoms with van der Waals surface area (Å²) in [5.74, 6) is 0.148. The third-order valence-electron chi connectivity index (χ3n) is 3.38. The normalized spacial score (nSPS) is 12.6. The summed E-state index contributed by atoms with van der Waals surface area (Å²) in [6, 6.07) is 6.09. The molecule has 0 fully saturated rings. The lowest BCUT2D eigenvalue weighted by atomic mass is 9.94. The molecule has 1 rings (SSSR count). The van der Waals surface area contributed by atoms with Crippen molar-refractivity contribution in [3.63, 3.8) is 0 Å². The summed E-state index contributed by atoms with van der Waals surface area (Å²) < 4.78 is 0. The first kappa shape index (κ1) is 14.7. The SMILES string of the molecule is CCc1cccc(C)c1NC(=O)C(CN)C(C)C. The fraction of sp³-hybridized carbons (Fsp3) is 0.533. The number of hydrogen-bond acceptors (Lipinski definition) is 2. The zero-order valence-corrected chi connectivity index (χ0v) is 11.8. The van der Waals surface area contributed by atoms with E-state index in [1.165, 1.54) is 5.56 Å². The van der Waals surface area contributed by atoms with E-state index in [1.807, 2.05) is 32.9 Å². The molecule has 0 spiro atoms. The molecule has 0 heterocycles. The van der Waals surface area contributed by atoms with E-state index in [-0.39, 0.29) is 17.7 Å². The Morgan fingerprint density at radius 1 is 1.39 bits per heavy atom. The van der Waals surface area contributed by atoms with E-state index in [1.54, 1.807) is 0 Å². The van der Waals surface area contributed by atoms with Crippen molar-refractivity contribution in [2.45, 2.75) is 34.1 Å². The molecular weight excluding hydrogens is 224 g/mol. The number of aryl methyl sites for hydroxylation is 2. The largest absolute Gasteiger partial charge is 0.330 e. The summed E-state index contributed by atoms with van der Waals surface area (Å²) >= 11 is 0. The van der Waals surface area contributed by atoms with Crippen LogP contribution in [0.2, 0.25) is 0 Å². The van der Waals surface area contributed by atoms with Gasteiger partial charge in [-0.05, 0) is 30.4 Å². The van der Waals surface area contributed by atoms with Crippen LogP contribution in [0.15, 0.2) is 18.2 Å². The average Bonchev–Trinajstić information content (AvgIpc) is 2.32. The minimum atomic E-state index is -0.130. The van der Waals surface area contributed by atoms with Gasteiger partial charge in [-0.25, -0.2) is 0 Å². The molecule has 3 nitrogen and oxygen atoms in total. The number of rotatable bonds is 5. The predicted octanol–water partition coefficient (Wildman–Crippen LogP) is 2.73. The standard InChI is InChI=1S/C15H24N2O/c1-5-12-8-6-7-11(4)14(12)17-15(18)13(9-16)10(2)3/h6-8,10,13H,5,9,16H2,1-4H3,(H,17,18). The monoisotopic (exact) mass is 248 g/mol. The van der Waals surface area contributed by atoms with Gasteiger partial charge < -0.3 is 11.1 Å². The van der Waals surface area contributed by atoms with Gasteiger partial charge in [-0.3, -0.25) is 4.79 Å². The van der Waals surface area contributed by atoms with Crippen LogP contribution in [0, 0.1) is 18.8 Å². The molecule has 0 saturated carbocycles. The van der Waals surface area contributed by atoms with Crippen LogP contribution in [-0.4, -0.2) is 12.5 Å². The zero-order valence-electron chi connectivity index (χ0n) is 11.8. The van der Waals surface area contributed by atoms with E-state index in [9.17, 15) is 4.79 Å². The fourth-order valence-corrected chi connectivity index (χ4v) is 2.10. The topological polar surface area (TPSA) is 55.1 Å². The first-order valence-electron chi connectivity index (χ1n) is 6.60. The lowest BCUT2D eigenvalue weighted by Crippen LogP contribution is -2.33. The van der Waals surface area contributed by atoms with Crippen LogP contribution in [0.1, 0.15) is 31.9 Å². The second-order valence-corrected chi connectivity index (χ2v) is 5.04. The van der Waals surface area contributed by atoms with E-state index >= 15 is 0 Å². The number of para-hydroxylation sites is 1. The Morgan fingerprint density at radius 2 is 2.06 bits per heavy atom. The third kappa shape index (κ3) is 3.33. The Morgan fingerprint density at radius 3 is 2.56 bits per heavy atom. The van der Waals surface area contributed by atoms with Crippen LogP contribution in [0.4, 0.5) is 5.69 Å². The second kappa shape index (κ2) is 6.55. The molecule has 1 unspecified atom stereocenters. The van der Waals surface area contributed by atoms with E-state index in [2.05, 4.69) is 18.3 Å². The van der Waals surface area contributed by atoms with E-state index in [4.69, 9.17) is 5.73 Å². The Hall–Kier alpha value is -1.35. The van der Waals surface area contributed by atoms with Gasteiger partial charge in [-0.1, -0.05) is 39.0 Å². The van der Waals surface area contributed by atoms with Gasteiger partial charge in [-0.15, -0.1) is 0 Å². The van der Waals surface area contributed by atoms with Crippen LogP contribution in [-0.2, 0) is 11.2 Å². The van der Waals surface area contributed by atoms with Gasteiger partial charge in [0.1, 0.15) is 0 Å². The minimum Gasteiger partial charge on any atom is -0.330 e. The number of carbonyl (C=O) groups is 1. The molecule has 3 N–H and O–H groups in total. The summed E-state index contributed by atoms with van der Waals surface area (Å²) in [5, 5.41) is 3.04. The summed E-state index contributed by atoms with van der Waals surface area (Å²) in [6.45, 7) is 8.54. The second-order valence-electron chi connectivity index (χ2n) is 5.04. The van der Waals surface area contributed by atoms with Crippen LogP contribution < -0.4 is 11.1 Å². The highest BCUT2D eigenvalue weighted by Gasteiger charge is 2.21. The number of nitrogens with two attached hydrogens (primary N) is 1. The maximum absolute atomic E-state index is 12.2. The summed E-state index contributed by atoms with van der Waals surface area (Å²) in [7, 11) is 0. The van der Waals surface area contributed by atoms with Crippen molar-refractivity contribution in [1.29, 1.82) is 0 Å². The molecular formula is C15H24N2O. The van der Waals surface area contributed by atoms with Crippen molar-refractivity contribution in [1.82, 2.24) is 0 Å². The molecule has 0 aliphatic heterocycles. The highest BCUT2D eigenvalue weighted by atomic mass is 16.1. The maximum atomic E-state index is 12.2. The van der Waals surface area contributed by atoms with Crippen molar-refractivity contribution in [2.75, 3.05) is 11.9 Å². The molecule has 0 bridgehead atoms. The number of anilines is 1. The van der Waals surface area contributed by atoms with Gasteiger partial charge in [0.25, 0.3) is 0 Å².